The monoisotopic (exact) mass is 592 g/mol. The maximum atomic E-state index is 13.8. The van der Waals surface area contributed by atoms with Gasteiger partial charge in [-0.05, 0) is 47.4 Å². The van der Waals surface area contributed by atoms with Crippen molar-refractivity contribution in [2.45, 2.75) is 41.5 Å². The molecule has 1 aliphatic heterocycles. The number of aromatic nitrogens is 2. The van der Waals surface area contributed by atoms with Crippen molar-refractivity contribution in [2.24, 2.45) is 0 Å². The Labute approximate surface area is 234 Å². The second-order valence-corrected chi connectivity index (χ2v) is 13.5. The molecule has 0 fully saturated rings. The van der Waals surface area contributed by atoms with Crippen LogP contribution in [0.3, 0.4) is 0 Å². The molecule has 1 aromatic heterocycles. The minimum Gasteiger partial charge on any atom is -0.497 e. The molecule has 2 aromatic carbocycles. The molecule has 1 atom stereocenters. The smallest absolute Gasteiger partial charge is 0.316 e. The molecule has 1 amide bonds. The standard InChI is InChI=1S/C25H28N4O7S3/c1-25(2,3)15-6-11-19-18(12-15)29(39(32,33)17-9-7-16(34-4)8-10-17)13-20(36-19)22(31)26-23-27-28-24(38-23)37-14-21(30)35-5/h6-12,20H,13-14H2,1-5H3,(H,26,27,31). The highest BCUT2D eigenvalue weighted by Gasteiger charge is 2.38. The van der Waals surface area contributed by atoms with Crippen molar-refractivity contribution in [3.63, 3.8) is 0 Å². The van der Waals surface area contributed by atoms with Crippen molar-refractivity contribution in [3.8, 4) is 11.5 Å². The molecule has 0 bridgehead atoms. The maximum absolute atomic E-state index is 13.8. The molecule has 2 heterocycles. The van der Waals surface area contributed by atoms with Crippen molar-refractivity contribution >= 4 is 55.8 Å². The summed E-state index contributed by atoms with van der Waals surface area (Å²) in [5.74, 6) is -0.169. The van der Waals surface area contributed by atoms with E-state index in [9.17, 15) is 18.0 Å². The van der Waals surface area contributed by atoms with E-state index in [-0.39, 0.29) is 33.5 Å². The summed E-state index contributed by atoms with van der Waals surface area (Å²) in [6, 6.07) is 11.4. The van der Waals surface area contributed by atoms with Crippen molar-refractivity contribution < 1.29 is 32.2 Å². The lowest BCUT2D eigenvalue weighted by atomic mass is 9.86. The number of esters is 1. The molecule has 0 radical (unpaired) electrons. The molecule has 0 saturated carbocycles. The number of amides is 1. The van der Waals surface area contributed by atoms with Crippen LogP contribution in [-0.2, 0) is 29.8 Å². The topological polar surface area (TPSA) is 137 Å². The summed E-state index contributed by atoms with van der Waals surface area (Å²) in [6.45, 7) is 5.81. The third kappa shape index (κ3) is 6.45. The number of benzene rings is 2. The summed E-state index contributed by atoms with van der Waals surface area (Å²) in [5, 5.41) is 10.7. The fourth-order valence-corrected chi connectivity index (χ4v) is 6.70. The Morgan fingerprint density at radius 1 is 1.15 bits per heavy atom. The van der Waals surface area contributed by atoms with Gasteiger partial charge in [0.2, 0.25) is 5.13 Å². The molecule has 1 unspecified atom stereocenters. The highest BCUT2D eigenvalue weighted by molar-refractivity contribution is 8.01. The highest BCUT2D eigenvalue weighted by atomic mass is 32.2. The molecule has 1 aliphatic rings. The third-order valence-electron chi connectivity index (χ3n) is 5.81. The zero-order chi connectivity index (χ0) is 28.4. The maximum Gasteiger partial charge on any atom is 0.316 e. The third-order valence-corrected chi connectivity index (χ3v) is 9.55. The number of carbonyl (C=O) groups is 2. The van der Waals surface area contributed by atoms with E-state index in [0.29, 0.717) is 15.8 Å². The van der Waals surface area contributed by atoms with Gasteiger partial charge in [0.1, 0.15) is 11.5 Å². The van der Waals surface area contributed by atoms with E-state index in [2.05, 4.69) is 20.3 Å². The summed E-state index contributed by atoms with van der Waals surface area (Å²) in [6.07, 6.45) is -1.17. The molecule has 208 valence electrons. The fourth-order valence-electron chi connectivity index (χ4n) is 3.64. The number of thioether (sulfide) groups is 1. The number of anilines is 2. The Hall–Kier alpha value is -3.36. The zero-order valence-corrected chi connectivity index (χ0v) is 24.4. The SMILES string of the molecule is COC(=O)CSc1nnc(NC(=O)C2CN(S(=O)(=O)c3ccc(OC)cc3)c3cc(C(C)(C)C)ccc3O2)s1. The largest absolute Gasteiger partial charge is 0.497 e. The average molecular weight is 593 g/mol. The number of nitrogens with one attached hydrogen (secondary N) is 1. The second kappa shape index (κ2) is 11.4. The molecular formula is C25H28N4O7S3. The normalized spacial score (nSPS) is 15.2. The molecule has 14 heteroatoms. The van der Waals surface area contributed by atoms with E-state index in [0.717, 1.165) is 28.7 Å². The Morgan fingerprint density at radius 3 is 2.51 bits per heavy atom. The van der Waals surface area contributed by atoms with Crippen LogP contribution in [0.15, 0.2) is 51.7 Å². The molecule has 11 nitrogen and oxygen atoms in total. The van der Waals surface area contributed by atoms with Crippen LogP contribution in [-0.4, -0.2) is 63.1 Å². The van der Waals surface area contributed by atoms with Gasteiger partial charge in [0.25, 0.3) is 15.9 Å². The summed E-state index contributed by atoms with van der Waals surface area (Å²) < 4.78 is 45.1. The molecule has 1 N–H and O–H groups in total. The van der Waals surface area contributed by atoms with Gasteiger partial charge in [-0.25, -0.2) is 8.42 Å². The van der Waals surface area contributed by atoms with E-state index < -0.39 is 28.0 Å². The van der Waals surface area contributed by atoms with Gasteiger partial charge in [0.05, 0.1) is 37.1 Å². The first kappa shape index (κ1) is 28.6. The van der Waals surface area contributed by atoms with E-state index in [1.54, 1.807) is 24.3 Å². The average Bonchev–Trinajstić information content (AvgIpc) is 3.37. The number of rotatable bonds is 8. The van der Waals surface area contributed by atoms with Crippen molar-refractivity contribution in [1.29, 1.82) is 0 Å². The van der Waals surface area contributed by atoms with E-state index in [1.807, 2.05) is 26.8 Å². The quantitative estimate of drug-likeness (QED) is 0.234. The Kier molecular flexibility index (Phi) is 8.37. The number of carbonyl (C=O) groups excluding carboxylic acids is 2. The molecular weight excluding hydrogens is 564 g/mol. The molecule has 0 aliphatic carbocycles. The number of fused-ring (bicyclic) bond motifs is 1. The van der Waals surface area contributed by atoms with Gasteiger partial charge in [-0.2, -0.15) is 0 Å². The predicted molar refractivity (Wildman–Crippen MR) is 148 cm³/mol. The van der Waals surface area contributed by atoms with Crippen molar-refractivity contribution in [3.05, 3.63) is 48.0 Å². The first-order chi connectivity index (χ1) is 18.4. The van der Waals surface area contributed by atoms with Gasteiger partial charge < -0.3 is 14.2 Å². The number of hydrogen-bond donors (Lipinski definition) is 1. The van der Waals surface area contributed by atoms with E-state index in [4.69, 9.17) is 9.47 Å². The predicted octanol–water partition coefficient (Wildman–Crippen LogP) is 3.70. The lowest BCUT2D eigenvalue weighted by Crippen LogP contribution is -2.49. The van der Waals surface area contributed by atoms with E-state index in [1.165, 1.54) is 30.7 Å². The minimum atomic E-state index is -4.07. The van der Waals surface area contributed by atoms with Crippen LogP contribution < -0.4 is 19.1 Å². The summed E-state index contributed by atoms with van der Waals surface area (Å²) in [7, 11) is -1.28. The summed E-state index contributed by atoms with van der Waals surface area (Å²) in [5.41, 5.74) is 1.01. The van der Waals surface area contributed by atoms with Crippen LogP contribution in [0.2, 0.25) is 0 Å². The van der Waals surface area contributed by atoms with Gasteiger partial charge in [-0.3, -0.25) is 19.2 Å². The second-order valence-electron chi connectivity index (χ2n) is 9.48. The number of sulfonamides is 1. The molecule has 0 saturated heterocycles. The first-order valence-corrected chi connectivity index (χ1v) is 15.0. The van der Waals surface area contributed by atoms with Crippen molar-refractivity contribution in [2.75, 3.05) is 36.1 Å². The van der Waals surface area contributed by atoms with Crippen LogP contribution >= 0.6 is 23.1 Å². The lowest BCUT2D eigenvalue weighted by Gasteiger charge is -2.35. The minimum absolute atomic E-state index is 0.0489. The molecule has 39 heavy (non-hydrogen) atoms. The van der Waals surface area contributed by atoms with Crippen LogP contribution in [0, 0.1) is 0 Å². The van der Waals surface area contributed by atoms with Gasteiger partial charge in [0.15, 0.2) is 10.4 Å². The van der Waals surface area contributed by atoms with Gasteiger partial charge in [0, 0.05) is 0 Å². The van der Waals surface area contributed by atoms with Gasteiger partial charge in [-0.15, -0.1) is 10.2 Å². The van der Waals surface area contributed by atoms with Crippen LogP contribution in [0.5, 0.6) is 11.5 Å². The highest BCUT2D eigenvalue weighted by Crippen LogP contribution is 2.40. The number of ether oxygens (including phenoxy) is 3. The zero-order valence-electron chi connectivity index (χ0n) is 22.0. The van der Waals surface area contributed by atoms with Gasteiger partial charge in [-0.1, -0.05) is 49.9 Å². The van der Waals surface area contributed by atoms with Crippen LogP contribution in [0.25, 0.3) is 0 Å². The van der Waals surface area contributed by atoms with E-state index >= 15 is 0 Å². The Morgan fingerprint density at radius 2 is 1.87 bits per heavy atom. The Balaban J connectivity index is 1.63. The van der Waals surface area contributed by atoms with Gasteiger partial charge >= 0.3 is 5.97 Å². The molecule has 3 aromatic rings. The van der Waals surface area contributed by atoms with Crippen LogP contribution in [0.1, 0.15) is 26.3 Å². The number of hydrogen-bond acceptors (Lipinski definition) is 11. The summed E-state index contributed by atoms with van der Waals surface area (Å²) >= 11 is 2.20. The molecule has 4 rings (SSSR count). The summed E-state index contributed by atoms with van der Waals surface area (Å²) in [4.78, 5) is 24.6. The Bertz CT molecular complexity index is 1470. The number of nitrogens with zero attached hydrogens (tertiary/aromatic N) is 3. The van der Waals surface area contributed by atoms with Crippen LogP contribution in [0.4, 0.5) is 10.8 Å². The van der Waals surface area contributed by atoms with Crippen molar-refractivity contribution in [1.82, 2.24) is 10.2 Å². The molecule has 0 spiro atoms. The fraction of sp³-hybridized carbons (Fsp3) is 0.360. The first-order valence-electron chi connectivity index (χ1n) is 11.7. The lowest BCUT2D eigenvalue weighted by molar-refractivity contribution is -0.137. The number of methoxy groups -OCH3 is 2.